The van der Waals surface area contributed by atoms with E-state index >= 15 is 0 Å². The second-order valence-electron chi connectivity index (χ2n) is 2.26. The van der Waals surface area contributed by atoms with Crippen LogP contribution in [0.25, 0.3) is 0 Å². The summed E-state index contributed by atoms with van der Waals surface area (Å²) in [5, 5.41) is 11.9. The van der Waals surface area contributed by atoms with E-state index in [-0.39, 0.29) is 5.91 Å². The molecule has 0 fully saturated rings. The number of anilines is 1. The molecular formula is C7H11N3OS. The summed E-state index contributed by atoms with van der Waals surface area (Å²) >= 11 is 1.42. The van der Waals surface area contributed by atoms with Gasteiger partial charge in [-0.2, -0.15) is 0 Å². The summed E-state index contributed by atoms with van der Waals surface area (Å²) in [6.45, 7) is 3.81. The van der Waals surface area contributed by atoms with E-state index in [9.17, 15) is 4.79 Å². The van der Waals surface area contributed by atoms with Crippen molar-refractivity contribution in [1.29, 1.82) is 0 Å². The highest BCUT2D eigenvalue weighted by molar-refractivity contribution is 7.15. The number of aromatic nitrogens is 2. The smallest absolute Gasteiger partial charge is 0.225 e. The zero-order valence-electron chi connectivity index (χ0n) is 7.13. The highest BCUT2D eigenvalue weighted by atomic mass is 32.1. The Labute approximate surface area is 75.0 Å². The van der Waals surface area contributed by atoms with Crippen LogP contribution in [0.3, 0.4) is 0 Å². The molecule has 4 nitrogen and oxygen atoms in total. The maximum Gasteiger partial charge on any atom is 0.225 e. The Balaban J connectivity index is 2.58. The molecule has 0 saturated carbocycles. The number of rotatable bonds is 3. The Bertz CT molecular complexity index is 271. The Morgan fingerprint density at radius 3 is 2.75 bits per heavy atom. The van der Waals surface area contributed by atoms with Crippen molar-refractivity contribution in [1.82, 2.24) is 10.2 Å². The molecule has 1 rings (SSSR count). The molecule has 0 atom stereocenters. The van der Waals surface area contributed by atoms with Gasteiger partial charge in [0, 0.05) is 6.42 Å². The molecule has 0 bridgehead atoms. The van der Waals surface area contributed by atoms with Crippen molar-refractivity contribution in [3.05, 3.63) is 5.01 Å². The van der Waals surface area contributed by atoms with E-state index in [1.54, 1.807) is 6.92 Å². The monoisotopic (exact) mass is 185 g/mol. The molecule has 1 aromatic rings. The van der Waals surface area contributed by atoms with Gasteiger partial charge in [-0.3, -0.25) is 4.79 Å². The van der Waals surface area contributed by atoms with E-state index in [0.717, 1.165) is 11.4 Å². The van der Waals surface area contributed by atoms with Crippen molar-refractivity contribution >= 4 is 22.4 Å². The van der Waals surface area contributed by atoms with Gasteiger partial charge in [0.25, 0.3) is 0 Å². The van der Waals surface area contributed by atoms with E-state index < -0.39 is 0 Å². The first-order valence-electron chi connectivity index (χ1n) is 3.88. The molecular weight excluding hydrogens is 174 g/mol. The van der Waals surface area contributed by atoms with Gasteiger partial charge in [0.2, 0.25) is 11.0 Å². The molecule has 5 heteroatoms. The minimum absolute atomic E-state index is 0.0196. The highest BCUT2D eigenvalue weighted by Gasteiger charge is 2.04. The fourth-order valence-electron chi connectivity index (χ4n) is 0.655. The zero-order chi connectivity index (χ0) is 8.97. The van der Waals surface area contributed by atoms with Crippen LogP contribution in [0.15, 0.2) is 0 Å². The van der Waals surface area contributed by atoms with Crippen LogP contribution in [0, 0.1) is 0 Å². The van der Waals surface area contributed by atoms with Crippen molar-refractivity contribution in [3.8, 4) is 0 Å². The molecule has 0 aliphatic heterocycles. The highest BCUT2D eigenvalue weighted by Crippen LogP contribution is 2.15. The number of nitrogens with zero attached hydrogens (tertiary/aromatic N) is 2. The fourth-order valence-corrected chi connectivity index (χ4v) is 1.35. The SMILES string of the molecule is CCC(=O)Nc1nnc(CC)s1. The van der Waals surface area contributed by atoms with Gasteiger partial charge in [-0.1, -0.05) is 25.2 Å². The van der Waals surface area contributed by atoms with Crippen LogP contribution in [0.1, 0.15) is 25.3 Å². The van der Waals surface area contributed by atoms with Crippen LogP contribution in [0.2, 0.25) is 0 Å². The van der Waals surface area contributed by atoms with Gasteiger partial charge in [0.15, 0.2) is 0 Å². The lowest BCUT2D eigenvalue weighted by atomic mass is 10.5. The largest absolute Gasteiger partial charge is 0.301 e. The van der Waals surface area contributed by atoms with Crippen molar-refractivity contribution in [2.75, 3.05) is 5.32 Å². The predicted molar refractivity (Wildman–Crippen MR) is 48.2 cm³/mol. The van der Waals surface area contributed by atoms with E-state index in [0.29, 0.717) is 11.6 Å². The number of carbonyl (C=O) groups is 1. The Kier molecular flexibility index (Phi) is 3.16. The molecule has 12 heavy (non-hydrogen) atoms. The Hall–Kier alpha value is -0.970. The average molecular weight is 185 g/mol. The first-order valence-corrected chi connectivity index (χ1v) is 4.70. The molecule has 1 amide bonds. The maximum atomic E-state index is 10.9. The summed E-state index contributed by atoms with van der Waals surface area (Å²) in [6, 6.07) is 0. The van der Waals surface area contributed by atoms with E-state index in [2.05, 4.69) is 15.5 Å². The van der Waals surface area contributed by atoms with Crippen LogP contribution in [0.5, 0.6) is 0 Å². The number of nitrogens with one attached hydrogen (secondary N) is 1. The molecule has 0 aromatic carbocycles. The number of hydrogen-bond acceptors (Lipinski definition) is 4. The number of hydrogen-bond donors (Lipinski definition) is 1. The molecule has 0 radical (unpaired) electrons. The van der Waals surface area contributed by atoms with Gasteiger partial charge in [0.1, 0.15) is 5.01 Å². The predicted octanol–water partition coefficient (Wildman–Crippen LogP) is 1.45. The molecule has 0 aliphatic rings. The summed E-state index contributed by atoms with van der Waals surface area (Å²) in [4.78, 5) is 10.9. The normalized spacial score (nSPS) is 9.83. The van der Waals surface area contributed by atoms with Gasteiger partial charge in [-0.15, -0.1) is 10.2 Å². The van der Waals surface area contributed by atoms with Gasteiger partial charge >= 0.3 is 0 Å². The van der Waals surface area contributed by atoms with Crippen LogP contribution in [-0.4, -0.2) is 16.1 Å². The minimum atomic E-state index is -0.0196. The summed E-state index contributed by atoms with van der Waals surface area (Å²) in [7, 11) is 0. The molecule has 1 aromatic heterocycles. The lowest BCUT2D eigenvalue weighted by Crippen LogP contribution is -2.08. The summed E-state index contributed by atoms with van der Waals surface area (Å²) in [5.74, 6) is -0.0196. The topological polar surface area (TPSA) is 54.9 Å². The standard InChI is InChI=1S/C7H11N3OS/c1-3-5(11)8-7-10-9-6(4-2)12-7/h3-4H2,1-2H3,(H,8,10,11). The van der Waals surface area contributed by atoms with Crippen LogP contribution in [-0.2, 0) is 11.2 Å². The molecule has 66 valence electrons. The molecule has 1 N–H and O–H groups in total. The summed E-state index contributed by atoms with van der Waals surface area (Å²) in [5.41, 5.74) is 0. The van der Waals surface area contributed by atoms with Gasteiger partial charge in [-0.25, -0.2) is 0 Å². The number of aryl methyl sites for hydroxylation is 1. The molecule has 0 saturated heterocycles. The third-order valence-electron chi connectivity index (χ3n) is 1.34. The maximum absolute atomic E-state index is 10.9. The van der Waals surface area contributed by atoms with Crippen molar-refractivity contribution in [3.63, 3.8) is 0 Å². The molecule has 0 aliphatic carbocycles. The van der Waals surface area contributed by atoms with E-state index in [1.165, 1.54) is 11.3 Å². The molecule has 1 heterocycles. The second kappa shape index (κ2) is 4.15. The lowest BCUT2D eigenvalue weighted by Gasteiger charge is -1.94. The van der Waals surface area contributed by atoms with E-state index in [4.69, 9.17) is 0 Å². The number of carbonyl (C=O) groups excluding carboxylic acids is 1. The summed E-state index contributed by atoms with van der Waals surface area (Å²) in [6.07, 6.45) is 1.33. The van der Waals surface area contributed by atoms with Crippen LogP contribution < -0.4 is 5.32 Å². The summed E-state index contributed by atoms with van der Waals surface area (Å²) < 4.78 is 0. The molecule has 0 spiro atoms. The third kappa shape index (κ3) is 2.27. The zero-order valence-corrected chi connectivity index (χ0v) is 7.94. The lowest BCUT2D eigenvalue weighted by molar-refractivity contribution is -0.115. The quantitative estimate of drug-likeness (QED) is 0.775. The van der Waals surface area contributed by atoms with Crippen molar-refractivity contribution < 1.29 is 4.79 Å². The Morgan fingerprint density at radius 2 is 2.25 bits per heavy atom. The van der Waals surface area contributed by atoms with Gasteiger partial charge in [-0.05, 0) is 6.42 Å². The van der Waals surface area contributed by atoms with Gasteiger partial charge < -0.3 is 5.32 Å². The van der Waals surface area contributed by atoms with Crippen molar-refractivity contribution in [2.45, 2.75) is 26.7 Å². The average Bonchev–Trinajstić information content (AvgIpc) is 2.52. The first-order chi connectivity index (χ1) is 5.76. The Morgan fingerprint density at radius 1 is 1.50 bits per heavy atom. The fraction of sp³-hybridized carbons (Fsp3) is 0.571. The first kappa shape index (κ1) is 9.12. The van der Waals surface area contributed by atoms with E-state index in [1.807, 2.05) is 6.92 Å². The minimum Gasteiger partial charge on any atom is -0.301 e. The second-order valence-corrected chi connectivity index (χ2v) is 3.32. The van der Waals surface area contributed by atoms with Crippen molar-refractivity contribution in [2.24, 2.45) is 0 Å². The third-order valence-corrected chi connectivity index (χ3v) is 2.32. The molecule has 0 unspecified atom stereocenters. The van der Waals surface area contributed by atoms with Crippen LogP contribution in [0.4, 0.5) is 5.13 Å². The van der Waals surface area contributed by atoms with Gasteiger partial charge in [0.05, 0.1) is 0 Å². The van der Waals surface area contributed by atoms with Crippen LogP contribution >= 0.6 is 11.3 Å². The number of amides is 1.